The van der Waals surface area contributed by atoms with Crippen molar-refractivity contribution in [3.8, 4) is 0 Å². The molecule has 0 radical (unpaired) electrons. The summed E-state index contributed by atoms with van der Waals surface area (Å²) in [4.78, 5) is 18.9. The van der Waals surface area contributed by atoms with Crippen LogP contribution in [0.4, 0.5) is 13.2 Å². The minimum atomic E-state index is -4.50. The molecule has 1 atom stereocenters. The molecule has 4 rings (SSSR count). The monoisotopic (exact) mass is 398 g/mol. The molecule has 0 fully saturated rings. The highest BCUT2D eigenvalue weighted by Crippen LogP contribution is 2.41. The largest absolute Gasteiger partial charge is 0.417 e. The Balaban J connectivity index is 1.82. The predicted molar refractivity (Wildman–Crippen MR) is 106 cm³/mol. The van der Waals surface area contributed by atoms with Crippen LogP contribution in [0.2, 0.25) is 0 Å². The van der Waals surface area contributed by atoms with Gasteiger partial charge in [0.25, 0.3) is 5.91 Å². The number of amidine groups is 1. The van der Waals surface area contributed by atoms with Gasteiger partial charge in [-0.15, -0.1) is 0 Å². The number of alkyl halides is 3. The van der Waals surface area contributed by atoms with Crippen molar-refractivity contribution in [1.82, 2.24) is 4.90 Å². The maximum absolute atomic E-state index is 13.5. The molecule has 3 aliphatic rings. The van der Waals surface area contributed by atoms with Crippen LogP contribution in [0, 0.1) is 0 Å². The number of rotatable bonds is 4. The van der Waals surface area contributed by atoms with Crippen LogP contribution in [0.15, 0.2) is 82.5 Å². The van der Waals surface area contributed by atoms with Gasteiger partial charge in [-0.25, -0.2) is 0 Å². The summed E-state index contributed by atoms with van der Waals surface area (Å²) in [5, 5.41) is 0. The molecule has 6 heteroatoms. The minimum absolute atomic E-state index is 0.278. The third-order valence-corrected chi connectivity index (χ3v) is 5.52. The number of nitrogens with zero attached hydrogens (tertiary/aromatic N) is 2. The van der Waals surface area contributed by atoms with E-state index in [0.29, 0.717) is 17.8 Å². The van der Waals surface area contributed by atoms with E-state index in [-0.39, 0.29) is 6.42 Å². The number of fused-ring (bicyclic) bond motifs is 1. The molecule has 0 saturated carbocycles. The second kappa shape index (κ2) is 7.17. The summed E-state index contributed by atoms with van der Waals surface area (Å²) in [5.74, 6) is -0.0945. The van der Waals surface area contributed by atoms with Gasteiger partial charge in [0.1, 0.15) is 11.4 Å². The molecule has 29 heavy (non-hydrogen) atoms. The number of carbonyl (C=O) groups is 1. The van der Waals surface area contributed by atoms with Crippen LogP contribution in [0.3, 0.4) is 0 Å². The van der Waals surface area contributed by atoms with Gasteiger partial charge in [0.05, 0.1) is 5.57 Å². The maximum Gasteiger partial charge on any atom is 0.417 e. The topological polar surface area (TPSA) is 32.7 Å². The zero-order valence-electron chi connectivity index (χ0n) is 16.0. The first-order valence-electron chi connectivity index (χ1n) is 9.59. The molecule has 1 unspecified atom stereocenters. The van der Waals surface area contributed by atoms with Gasteiger partial charge in [-0.05, 0) is 42.6 Å². The number of hydrogen-bond acceptors (Lipinski definition) is 2. The van der Waals surface area contributed by atoms with Crippen LogP contribution in [0.1, 0.15) is 31.7 Å². The van der Waals surface area contributed by atoms with Crippen LogP contribution in [-0.4, -0.2) is 28.4 Å². The lowest BCUT2D eigenvalue weighted by Crippen LogP contribution is -2.52. The van der Waals surface area contributed by atoms with Gasteiger partial charge in [0, 0.05) is 19.0 Å². The Bertz CT molecular complexity index is 983. The Morgan fingerprint density at radius 1 is 1.14 bits per heavy atom. The van der Waals surface area contributed by atoms with Gasteiger partial charge in [-0.3, -0.25) is 4.79 Å². The smallest absolute Gasteiger partial charge is 0.316 e. The Morgan fingerprint density at radius 3 is 2.55 bits per heavy atom. The van der Waals surface area contributed by atoms with Crippen molar-refractivity contribution >= 4 is 11.7 Å². The van der Waals surface area contributed by atoms with E-state index in [1.165, 1.54) is 4.90 Å². The number of allylic oxidation sites excluding steroid dienone is 5. The van der Waals surface area contributed by atoms with Crippen molar-refractivity contribution < 1.29 is 18.0 Å². The van der Waals surface area contributed by atoms with Gasteiger partial charge in [0.2, 0.25) is 0 Å². The molecule has 0 aromatic heterocycles. The first-order valence-corrected chi connectivity index (χ1v) is 9.59. The van der Waals surface area contributed by atoms with E-state index in [1.807, 2.05) is 42.5 Å². The molecule has 0 bridgehead atoms. The summed E-state index contributed by atoms with van der Waals surface area (Å²) in [6.07, 6.45) is 6.02. The van der Waals surface area contributed by atoms with Gasteiger partial charge >= 0.3 is 6.18 Å². The van der Waals surface area contributed by atoms with Crippen molar-refractivity contribution in [3.05, 3.63) is 83.1 Å². The van der Waals surface area contributed by atoms with Gasteiger partial charge in [0.15, 0.2) is 0 Å². The summed E-state index contributed by atoms with van der Waals surface area (Å²) in [6, 6.07) is 9.37. The van der Waals surface area contributed by atoms with Gasteiger partial charge < -0.3 is 4.90 Å². The zero-order valence-corrected chi connectivity index (χ0v) is 16.0. The average Bonchev–Trinajstić information content (AvgIpc) is 2.95. The number of hydrogen-bond donors (Lipinski definition) is 0. The lowest BCUT2D eigenvalue weighted by molar-refractivity contribution is -0.125. The second-order valence-corrected chi connectivity index (χ2v) is 7.65. The van der Waals surface area contributed by atoms with Crippen LogP contribution in [0.25, 0.3) is 0 Å². The SMILES string of the molecule is CC1=CC(C(F)(F)F)=CN2C1=NC(=O)C2(CC1=CCCC=C1)Cc1ccccc1. The zero-order chi connectivity index (χ0) is 20.6. The molecule has 3 nitrogen and oxygen atoms in total. The lowest BCUT2D eigenvalue weighted by Gasteiger charge is -2.39. The fourth-order valence-corrected chi connectivity index (χ4v) is 4.11. The molecule has 0 N–H and O–H groups in total. The van der Waals surface area contributed by atoms with E-state index < -0.39 is 23.2 Å². The highest BCUT2D eigenvalue weighted by molar-refractivity contribution is 6.14. The van der Waals surface area contributed by atoms with Crippen molar-refractivity contribution in [2.45, 2.75) is 44.3 Å². The normalized spacial score (nSPS) is 24.0. The summed E-state index contributed by atoms with van der Waals surface area (Å²) in [5.41, 5.74) is 0.194. The molecule has 0 saturated heterocycles. The van der Waals surface area contributed by atoms with E-state index in [9.17, 15) is 18.0 Å². The Labute approximate surface area is 167 Å². The predicted octanol–water partition coefficient (Wildman–Crippen LogP) is 5.28. The second-order valence-electron chi connectivity index (χ2n) is 7.65. The van der Waals surface area contributed by atoms with Crippen LogP contribution in [0.5, 0.6) is 0 Å². The fraction of sp³-hybridized carbons (Fsp3) is 0.304. The summed E-state index contributed by atoms with van der Waals surface area (Å²) in [6.45, 7) is 1.57. The molecule has 2 heterocycles. The number of benzene rings is 1. The third-order valence-electron chi connectivity index (χ3n) is 5.52. The highest BCUT2D eigenvalue weighted by atomic mass is 19.4. The minimum Gasteiger partial charge on any atom is -0.316 e. The van der Waals surface area contributed by atoms with E-state index in [0.717, 1.165) is 36.3 Å². The van der Waals surface area contributed by atoms with Crippen molar-refractivity contribution in [2.75, 3.05) is 0 Å². The van der Waals surface area contributed by atoms with E-state index in [2.05, 4.69) is 11.1 Å². The molecule has 150 valence electrons. The van der Waals surface area contributed by atoms with Crippen LogP contribution in [-0.2, 0) is 11.2 Å². The Morgan fingerprint density at radius 2 is 1.90 bits per heavy atom. The summed E-state index contributed by atoms with van der Waals surface area (Å²) < 4.78 is 40.6. The van der Waals surface area contributed by atoms with E-state index in [1.54, 1.807) is 6.92 Å². The molecule has 1 aromatic rings. The van der Waals surface area contributed by atoms with Crippen molar-refractivity contribution in [3.63, 3.8) is 0 Å². The number of halogens is 3. The van der Waals surface area contributed by atoms with E-state index >= 15 is 0 Å². The number of carbonyl (C=O) groups excluding carboxylic acids is 1. The van der Waals surface area contributed by atoms with Crippen molar-refractivity contribution in [2.24, 2.45) is 4.99 Å². The number of amides is 1. The van der Waals surface area contributed by atoms with Gasteiger partial charge in [-0.2, -0.15) is 18.2 Å². The average molecular weight is 398 g/mol. The van der Waals surface area contributed by atoms with Gasteiger partial charge in [-0.1, -0.05) is 48.6 Å². The Hall–Kier alpha value is -2.89. The molecule has 2 aliphatic heterocycles. The third kappa shape index (κ3) is 3.59. The van der Waals surface area contributed by atoms with Crippen LogP contribution >= 0.6 is 0 Å². The molecule has 0 spiro atoms. The molecule has 1 aromatic carbocycles. The quantitative estimate of drug-likeness (QED) is 0.691. The Kier molecular flexibility index (Phi) is 4.81. The van der Waals surface area contributed by atoms with Crippen LogP contribution < -0.4 is 0 Å². The maximum atomic E-state index is 13.5. The molecule has 1 amide bonds. The summed E-state index contributed by atoms with van der Waals surface area (Å²) >= 11 is 0. The standard InChI is InChI=1S/C23H21F3N2O/c1-16-12-19(23(24,25)26)15-28-20(16)27-21(29)22(28,13-17-8-4-2-5-9-17)14-18-10-6-3-7-11-18/h2,4-6,8-12,15H,3,7,13-14H2,1H3. The molecular weight excluding hydrogens is 377 g/mol. The molecule has 1 aliphatic carbocycles. The fourth-order valence-electron chi connectivity index (χ4n) is 4.11. The first kappa shape index (κ1) is 19.4. The lowest BCUT2D eigenvalue weighted by atomic mass is 9.81. The first-order chi connectivity index (χ1) is 13.8. The summed E-state index contributed by atoms with van der Waals surface area (Å²) in [7, 11) is 0. The highest BCUT2D eigenvalue weighted by Gasteiger charge is 2.52. The number of aliphatic imine (C=N–C) groups is 1. The molecular formula is C23H21F3N2O. The van der Waals surface area contributed by atoms with Crippen molar-refractivity contribution in [1.29, 1.82) is 0 Å². The van der Waals surface area contributed by atoms with E-state index in [4.69, 9.17) is 0 Å².